The summed E-state index contributed by atoms with van der Waals surface area (Å²) in [6.45, 7) is 4.00. The molecular weight excluding hydrogens is 232 g/mol. The van der Waals surface area contributed by atoms with Crippen molar-refractivity contribution in [2.24, 2.45) is 0 Å². The highest BCUT2D eigenvalue weighted by Crippen LogP contribution is 2.32. The maximum absolute atomic E-state index is 6.10. The molecular formula is C14H17ClN2. The molecule has 2 aromatic carbocycles. The Kier molecular flexibility index (Phi) is 4.85. The van der Waals surface area contributed by atoms with E-state index in [0.717, 1.165) is 11.1 Å². The predicted octanol–water partition coefficient (Wildman–Crippen LogP) is 4.20. The summed E-state index contributed by atoms with van der Waals surface area (Å²) in [5.74, 6) is 0. The molecule has 90 valence electrons. The summed E-state index contributed by atoms with van der Waals surface area (Å²) in [7, 11) is 0. The van der Waals surface area contributed by atoms with Gasteiger partial charge in [-0.25, -0.2) is 0 Å². The van der Waals surface area contributed by atoms with Gasteiger partial charge in [-0.05, 0) is 17.7 Å². The third kappa shape index (κ3) is 3.14. The summed E-state index contributed by atoms with van der Waals surface area (Å²) in [6.07, 6.45) is 0. The number of rotatable bonds is 1. The molecule has 0 saturated carbocycles. The van der Waals surface area contributed by atoms with Crippen LogP contribution in [0.4, 0.5) is 11.4 Å². The first-order valence-electron chi connectivity index (χ1n) is 5.58. The van der Waals surface area contributed by atoms with Crippen molar-refractivity contribution in [3.63, 3.8) is 0 Å². The fraction of sp³-hybridized carbons (Fsp3) is 0.143. The number of hydrogen-bond acceptors (Lipinski definition) is 2. The molecule has 0 aromatic heterocycles. The first-order chi connectivity index (χ1) is 8.18. The Bertz CT molecular complexity index is 481. The van der Waals surface area contributed by atoms with Crippen molar-refractivity contribution in [3.8, 4) is 11.1 Å². The van der Waals surface area contributed by atoms with Gasteiger partial charge in [-0.1, -0.05) is 55.8 Å². The topological polar surface area (TPSA) is 52.0 Å². The third-order valence-corrected chi connectivity index (χ3v) is 2.57. The van der Waals surface area contributed by atoms with Gasteiger partial charge < -0.3 is 11.5 Å². The molecule has 0 aliphatic carbocycles. The largest absolute Gasteiger partial charge is 0.397 e. The van der Waals surface area contributed by atoms with Crippen LogP contribution in [-0.2, 0) is 0 Å². The first-order valence-corrected chi connectivity index (χ1v) is 5.96. The first kappa shape index (κ1) is 13.4. The molecule has 2 rings (SSSR count). The van der Waals surface area contributed by atoms with Gasteiger partial charge in [0.15, 0.2) is 0 Å². The summed E-state index contributed by atoms with van der Waals surface area (Å²) in [5.41, 5.74) is 14.4. The van der Waals surface area contributed by atoms with Crippen molar-refractivity contribution < 1.29 is 0 Å². The molecule has 0 spiro atoms. The van der Waals surface area contributed by atoms with Crippen molar-refractivity contribution in [1.29, 1.82) is 0 Å². The zero-order chi connectivity index (χ0) is 12.8. The zero-order valence-corrected chi connectivity index (χ0v) is 10.8. The Labute approximate surface area is 107 Å². The van der Waals surface area contributed by atoms with Crippen molar-refractivity contribution in [2.45, 2.75) is 13.8 Å². The molecule has 0 aliphatic heterocycles. The SMILES string of the molecule is CC.Nc1cc(Cl)c(-c2ccccc2)cc1N. The quantitative estimate of drug-likeness (QED) is 0.744. The number of halogens is 1. The lowest BCUT2D eigenvalue weighted by molar-refractivity contribution is 1.50. The van der Waals surface area contributed by atoms with Crippen LogP contribution in [0, 0.1) is 0 Å². The van der Waals surface area contributed by atoms with E-state index in [4.69, 9.17) is 23.1 Å². The molecule has 0 radical (unpaired) electrons. The zero-order valence-electron chi connectivity index (χ0n) is 10.1. The lowest BCUT2D eigenvalue weighted by Crippen LogP contribution is -1.95. The fourth-order valence-electron chi connectivity index (χ4n) is 1.44. The Morgan fingerprint density at radius 3 is 2.00 bits per heavy atom. The molecule has 0 fully saturated rings. The monoisotopic (exact) mass is 248 g/mol. The summed E-state index contributed by atoms with van der Waals surface area (Å²) >= 11 is 6.10. The van der Waals surface area contributed by atoms with Crippen LogP contribution in [0.2, 0.25) is 5.02 Å². The van der Waals surface area contributed by atoms with Gasteiger partial charge >= 0.3 is 0 Å². The molecule has 4 N–H and O–H groups in total. The van der Waals surface area contributed by atoms with Gasteiger partial charge in [-0.3, -0.25) is 0 Å². The van der Waals surface area contributed by atoms with E-state index in [1.54, 1.807) is 12.1 Å². The van der Waals surface area contributed by atoms with Crippen LogP contribution in [0.25, 0.3) is 11.1 Å². The number of nitrogens with two attached hydrogens (primary N) is 2. The summed E-state index contributed by atoms with van der Waals surface area (Å²) in [6, 6.07) is 13.3. The van der Waals surface area contributed by atoms with Gasteiger partial charge in [0, 0.05) is 5.56 Å². The number of anilines is 2. The molecule has 0 aliphatic rings. The third-order valence-electron chi connectivity index (χ3n) is 2.26. The van der Waals surface area contributed by atoms with E-state index in [9.17, 15) is 0 Å². The highest BCUT2D eigenvalue weighted by atomic mass is 35.5. The molecule has 3 heteroatoms. The number of hydrogen-bond donors (Lipinski definition) is 2. The predicted molar refractivity (Wildman–Crippen MR) is 77.1 cm³/mol. The van der Waals surface area contributed by atoms with Crippen LogP contribution in [-0.4, -0.2) is 0 Å². The van der Waals surface area contributed by atoms with Gasteiger partial charge in [-0.2, -0.15) is 0 Å². The Balaban J connectivity index is 0.000000686. The Morgan fingerprint density at radius 2 is 1.41 bits per heavy atom. The van der Waals surface area contributed by atoms with Gasteiger partial charge in [0.2, 0.25) is 0 Å². The van der Waals surface area contributed by atoms with Gasteiger partial charge in [0.05, 0.1) is 16.4 Å². The van der Waals surface area contributed by atoms with Crippen molar-refractivity contribution in [3.05, 3.63) is 47.5 Å². The van der Waals surface area contributed by atoms with Crippen LogP contribution in [0.1, 0.15) is 13.8 Å². The van der Waals surface area contributed by atoms with E-state index in [1.165, 1.54) is 0 Å². The molecule has 0 heterocycles. The van der Waals surface area contributed by atoms with Gasteiger partial charge in [0.25, 0.3) is 0 Å². The molecule has 17 heavy (non-hydrogen) atoms. The molecule has 2 aromatic rings. The smallest absolute Gasteiger partial charge is 0.0563 e. The van der Waals surface area contributed by atoms with Crippen LogP contribution < -0.4 is 11.5 Å². The van der Waals surface area contributed by atoms with E-state index in [2.05, 4.69) is 0 Å². The van der Waals surface area contributed by atoms with Crippen molar-refractivity contribution in [1.82, 2.24) is 0 Å². The lowest BCUT2D eigenvalue weighted by atomic mass is 10.0. The minimum atomic E-state index is 0.514. The highest BCUT2D eigenvalue weighted by Gasteiger charge is 2.05. The van der Waals surface area contributed by atoms with Crippen LogP contribution >= 0.6 is 11.6 Å². The van der Waals surface area contributed by atoms with Crippen LogP contribution in [0.5, 0.6) is 0 Å². The average Bonchev–Trinajstić information content (AvgIpc) is 2.37. The molecule has 0 amide bonds. The molecule has 2 nitrogen and oxygen atoms in total. The Morgan fingerprint density at radius 1 is 0.882 bits per heavy atom. The highest BCUT2D eigenvalue weighted by molar-refractivity contribution is 6.33. The maximum atomic E-state index is 6.10. The Hall–Kier alpha value is -1.67. The minimum absolute atomic E-state index is 0.514. The van der Waals surface area contributed by atoms with E-state index in [1.807, 2.05) is 44.2 Å². The van der Waals surface area contributed by atoms with E-state index >= 15 is 0 Å². The minimum Gasteiger partial charge on any atom is -0.397 e. The van der Waals surface area contributed by atoms with Gasteiger partial charge in [0.1, 0.15) is 0 Å². The van der Waals surface area contributed by atoms with E-state index < -0.39 is 0 Å². The second-order valence-corrected chi connectivity index (χ2v) is 3.73. The van der Waals surface area contributed by atoms with Crippen molar-refractivity contribution in [2.75, 3.05) is 11.5 Å². The van der Waals surface area contributed by atoms with Crippen LogP contribution in [0.15, 0.2) is 42.5 Å². The van der Waals surface area contributed by atoms with Gasteiger partial charge in [-0.15, -0.1) is 0 Å². The molecule has 0 unspecified atom stereocenters. The molecule has 0 bridgehead atoms. The molecule has 0 atom stereocenters. The van der Waals surface area contributed by atoms with E-state index in [0.29, 0.717) is 16.4 Å². The lowest BCUT2D eigenvalue weighted by Gasteiger charge is -2.07. The van der Waals surface area contributed by atoms with Crippen molar-refractivity contribution >= 4 is 23.0 Å². The second kappa shape index (κ2) is 6.16. The average molecular weight is 249 g/mol. The second-order valence-electron chi connectivity index (χ2n) is 3.33. The van der Waals surface area contributed by atoms with E-state index in [-0.39, 0.29) is 0 Å². The van der Waals surface area contributed by atoms with Crippen LogP contribution in [0.3, 0.4) is 0 Å². The normalized spacial score (nSPS) is 9.35. The fourth-order valence-corrected chi connectivity index (χ4v) is 1.73. The number of nitrogen functional groups attached to an aromatic ring is 2. The standard InChI is InChI=1S/C12H11ClN2.C2H6/c13-10-7-12(15)11(14)6-9(10)8-4-2-1-3-5-8;1-2/h1-7H,14-15H2;1-2H3. The summed E-state index contributed by atoms with van der Waals surface area (Å²) in [5, 5.41) is 0.618. The molecule has 0 saturated heterocycles. The maximum Gasteiger partial charge on any atom is 0.0563 e. The summed E-state index contributed by atoms with van der Waals surface area (Å²) in [4.78, 5) is 0. The summed E-state index contributed by atoms with van der Waals surface area (Å²) < 4.78 is 0. The number of benzene rings is 2.